The van der Waals surface area contributed by atoms with Gasteiger partial charge in [0.1, 0.15) is 37.2 Å². The summed E-state index contributed by atoms with van der Waals surface area (Å²) >= 11 is 0. The molecule has 10 nitrogen and oxygen atoms in total. The minimum absolute atomic E-state index is 0. The number of hydrogen-bond donors (Lipinski definition) is 1. The number of rotatable bonds is 17. The molecule has 0 spiro atoms. The summed E-state index contributed by atoms with van der Waals surface area (Å²) < 4.78 is 14.2. The quantitative estimate of drug-likeness (QED) is 0.171. The molecule has 0 saturated carbocycles. The van der Waals surface area contributed by atoms with Gasteiger partial charge in [-0.15, -0.1) is 0 Å². The minimum atomic E-state index is -0.216. The van der Waals surface area contributed by atoms with E-state index in [1.54, 1.807) is 20.8 Å². The molecule has 11 heteroatoms. The van der Waals surface area contributed by atoms with E-state index in [1.807, 2.05) is 0 Å². The number of ketones is 3. The largest absolute Gasteiger partial charge is 3.00 e. The van der Waals surface area contributed by atoms with Gasteiger partial charge in [0, 0.05) is 26.4 Å². The molecule has 0 aromatic heterocycles. The van der Waals surface area contributed by atoms with Gasteiger partial charge in [-0.2, -0.15) is 0 Å². The van der Waals surface area contributed by atoms with E-state index >= 15 is 0 Å². The Kier molecular flexibility index (Phi) is 51.8. The van der Waals surface area contributed by atoms with Gasteiger partial charge < -0.3 is 33.7 Å². The van der Waals surface area contributed by atoms with Crippen LogP contribution in [0, 0.1) is 0 Å². The Labute approximate surface area is 212 Å². The van der Waals surface area contributed by atoms with Crippen LogP contribution in [0.3, 0.4) is 0 Å². The zero-order chi connectivity index (χ0) is 25.5. The first-order valence-corrected chi connectivity index (χ1v) is 10.3. The van der Waals surface area contributed by atoms with Crippen molar-refractivity contribution < 1.29 is 69.8 Å². The van der Waals surface area contributed by atoms with Crippen molar-refractivity contribution in [3.8, 4) is 0 Å². The number of carbonyl (C=O) groups excluding carboxylic acids is 6. The van der Waals surface area contributed by atoms with Crippen LogP contribution >= 0.6 is 0 Å². The van der Waals surface area contributed by atoms with Crippen LogP contribution in [0.2, 0.25) is 0 Å². The Balaban J connectivity index is -0.000000107. The van der Waals surface area contributed by atoms with Gasteiger partial charge in [-0.1, -0.05) is 32.6 Å². The van der Waals surface area contributed by atoms with Crippen LogP contribution in [0.4, 0.5) is 0 Å². The molecule has 0 amide bonds. The SMILES string of the molecule is CCCCO.CCOCC(=O)C[C-]=O.CCOCC(=O)C[C-]=O.CCOCC(=O)C[C-]=O.[Ti+3]. The van der Waals surface area contributed by atoms with E-state index in [4.69, 9.17) is 19.3 Å². The number of aliphatic hydroxyl groups is 1. The molecule has 0 aliphatic carbocycles. The molecule has 0 unspecified atom stereocenters. The number of ether oxygens (including phenoxy) is 3. The maximum absolute atomic E-state index is 10.4. The summed E-state index contributed by atoms with van der Waals surface area (Å²) in [4.78, 5) is 60.0. The Hall–Kier alpha value is -1.43. The van der Waals surface area contributed by atoms with Crippen LogP contribution in [0.15, 0.2) is 0 Å². The molecule has 0 atom stereocenters. The molecular formula is C22H37O10Ti. The van der Waals surface area contributed by atoms with Crippen LogP contribution in [0.25, 0.3) is 0 Å². The third-order valence-electron chi connectivity index (χ3n) is 2.72. The fourth-order valence-corrected chi connectivity index (χ4v) is 1.20. The van der Waals surface area contributed by atoms with Crippen molar-refractivity contribution in [1.29, 1.82) is 0 Å². The van der Waals surface area contributed by atoms with E-state index in [-0.39, 0.29) is 78.2 Å². The second-order valence-electron chi connectivity index (χ2n) is 5.57. The zero-order valence-electron chi connectivity index (χ0n) is 20.1. The van der Waals surface area contributed by atoms with E-state index in [2.05, 4.69) is 6.92 Å². The molecule has 0 aliphatic rings. The average Bonchev–Trinajstić information content (AvgIpc) is 2.77. The third kappa shape index (κ3) is 53.6. The van der Waals surface area contributed by atoms with E-state index in [1.165, 1.54) is 18.9 Å². The van der Waals surface area contributed by atoms with Gasteiger partial charge in [0.2, 0.25) is 0 Å². The number of Topliss-reactive ketones (excluding diaryl/α,β-unsaturated/α-hetero) is 3. The fourth-order valence-electron chi connectivity index (χ4n) is 1.20. The van der Waals surface area contributed by atoms with Crippen LogP contribution in [0.1, 0.15) is 59.8 Å². The van der Waals surface area contributed by atoms with Crippen molar-refractivity contribution in [3.05, 3.63) is 0 Å². The number of aliphatic hydroxyl groups excluding tert-OH is 1. The van der Waals surface area contributed by atoms with Gasteiger partial charge in [0.25, 0.3) is 0 Å². The van der Waals surface area contributed by atoms with Crippen molar-refractivity contribution in [2.45, 2.75) is 59.8 Å². The Morgan fingerprint density at radius 1 is 0.636 bits per heavy atom. The number of hydrogen-bond acceptors (Lipinski definition) is 10. The maximum Gasteiger partial charge on any atom is 3.00 e. The van der Waals surface area contributed by atoms with Gasteiger partial charge >= 0.3 is 21.7 Å². The van der Waals surface area contributed by atoms with Crippen LogP contribution in [0.5, 0.6) is 0 Å². The second-order valence-corrected chi connectivity index (χ2v) is 5.57. The van der Waals surface area contributed by atoms with Crippen molar-refractivity contribution >= 4 is 36.2 Å². The average molecular weight is 509 g/mol. The first-order chi connectivity index (χ1) is 15.3. The summed E-state index contributed by atoms with van der Waals surface area (Å²) in [5, 5.41) is 8.07. The minimum Gasteiger partial charge on any atom is -0.541 e. The van der Waals surface area contributed by atoms with Gasteiger partial charge in [-0.3, -0.25) is 33.2 Å². The van der Waals surface area contributed by atoms with Crippen molar-refractivity contribution in [2.24, 2.45) is 0 Å². The molecule has 0 heterocycles. The molecule has 0 fully saturated rings. The van der Waals surface area contributed by atoms with Crippen molar-refractivity contribution in [2.75, 3.05) is 46.2 Å². The van der Waals surface area contributed by atoms with Gasteiger partial charge in [0.05, 0.1) is 0 Å². The Bertz CT molecular complexity index is 406. The number of unbranched alkanes of at least 4 members (excludes halogenated alkanes) is 1. The van der Waals surface area contributed by atoms with E-state index in [9.17, 15) is 28.8 Å². The molecule has 1 radical (unpaired) electrons. The summed E-state index contributed by atoms with van der Waals surface area (Å²) in [6.45, 7) is 9.38. The smallest absolute Gasteiger partial charge is 0.541 e. The monoisotopic (exact) mass is 509 g/mol. The van der Waals surface area contributed by atoms with Crippen LogP contribution in [-0.2, 0) is 64.7 Å². The molecule has 0 aliphatic heterocycles. The third-order valence-corrected chi connectivity index (χ3v) is 2.72. The molecule has 0 rings (SSSR count). The van der Waals surface area contributed by atoms with E-state index in [0.29, 0.717) is 26.4 Å². The molecule has 1 N–H and O–H groups in total. The zero-order valence-corrected chi connectivity index (χ0v) is 21.7. The van der Waals surface area contributed by atoms with Crippen molar-refractivity contribution in [1.82, 2.24) is 0 Å². The Morgan fingerprint density at radius 2 is 0.909 bits per heavy atom. The first-order valence-electron chi connectivity index (χ1n) is 10.3. The molecule has 0 bridgehead atoms. The van der Waals surface area contributed by atoms with Crippen LogP contribution in [-0.4, -0.2) is 87.6 Å². The molecular weight excluding hydrogens is 472 g/mol. The predicted molar refractivity (Wildman–Crippen MR) is 117 cm³/mol. The summed E-state index contributed by atoms with van der Waals surface area (Å²) in [6.07, 6.45) is 6.07. The molecule has 0 aromatic rings. The predicted octanol–water partition coefficient (Wildman–Crippen LogP) is 1.05. The summed E-state index contributed by atoms with van der Waals surface area (Å²) in [6, 6.07) is 0. The molecule has 0 aromatic carbocycles. The standard InChI is InChI=1S/3C6H9O3.C4H10O.Ti/c3*1-2-9-5-6(8)3-4-7;1-2-3-4-5;/h3*2-3,5H2,1H3;5H,2-4H2,1H3;/q3*-1;;+3. The normalized spacial score (nSPS) is 8.64. The van der Waals surface area contributed by atoms with Crippen molar-refractivity contribution in [3.63, 3.8) is 0 Å². The van der Waals surface area contributed by atoms with Crippen LogP contribution < -0.4 is 0 Å². The van der Waals surface area contributed by atoms with Gasteiger partial charge in [-0.25, -0.2) is 0 Å². The van der Waals surface area contributed by atoms with Gasteiger partial charge in [-0.05, 0) is 27.2 Å². The molecule has 33 heavy (non-hydrogen) atoms. The maximum atomic E-state index is 10.4. The number of carbonyl (C=O) groups is 3. The fraction of sp³-hybridized carbons (Fsp3) is 0.727. The molecule has 189 valence electrons. The van der Waals surface area contributed by atoms with E-state index in [0.717, 1.165) is 12.8 Å². The Morgan fingerprint density at radius 3 is 1.03 bits per heavy atom. The summed E-state index contributed by atoms with van der Waals surface area (Å²) in [5.41, 5.74) is 0. The first kappa shape index (κ1) is 41.8. The van der Waals surface area contributed by atoms with E-state index < -0.39 is 0 Å². The molecule has 0 saturated heterocycles. The van der Waals surface area contributed by atoms with Gasteiger partial charge in [0.15, 0.2) is 0 Å². The topological polar surface area (TPSA) is 150 Å². The summed E-state index contributed by atoms with van der Waals surface area (Å²) in [7, 11) is 0. The summed E-state index contributed by atoms with van der Waals surface area (Å²) in [5.74, 6) is -0.648. The second kappa shape index (κ2) is 40.9.